The van der Waals surface area contributed by atoms with Crippen LogP contribution in [0.3, 0.4) is 0 Å². The molecule has 94 valence electrons. The monoisotopic (exact) mass is 236 g/mol. The number of anilines is 2. The van der Waals surface area contributed by atoms with Gasteiger partial charge in [0, 0.05) is 17.9 Å². The molecule has 1 aromatic rings. The van der Waals surface area contributed by atoms with Crippen molar-refractivity contribution in [3.05, 3.63) is 23.8 Å². The first-order valence-corrected chi connectivity index (χ1v) is 5.89. The standard InChI is InChI=1S/C13H20N2O2/c1-4-7-15-12-6-5-10(14)8-11(12)13(16)17-9(2)3/h5-6,8-9,15H,4,7,14H2,1-3H3. The number of benzene rings is 1. The zero-order chi connectivity index (χ0) is 12.8. The van der Waals surface area contributed by atoms with Crippen LogP contribution in [0.2, 0.25) is 0 Å². The Morgan fingerprint density at radius 1 is 1.47 bits per heavy atom. The van der Waals surface area contributed by atoms with Crippen molar-refractivity contribution < 1.29 is 9.53 Å². The molecule has 0 bridgehead atoms. The molecule has 0 saturated carbocycles. The average Bonchev–Trinajstić information content (AvgIpc) is 2.26. The third-order valence-electron chi connectivity index (χ3n) is 2.17. The lowest BCUT2D eigenvalue weighted by molar-refractivity contribution is 0.0379. The van der Waals surface area contributed by atoms with Gasteiger partial charge in [-0.3, -0.25) is 0 Å². The third-order valence-corrected chi connectivity index (χ3v) is 2.17. The number of carbonyl (C=O) groups excluding carboxylic acids is 1. The van der Waals surface area contributed by atoms with Gasteiger partial charge in [-0.2, -0.15) is 0 Å². The Morgan fingerprint density at radius 2 is 2.18 bits per heavy atom. The average molecular weight is 236 g/mol. The van der Waals surface area contributed by atoms with Gasteiger partial charge in [0.05, 0.1) is 11.7 Å². The zero-order valence-corrected chi connectivity index (χ0v) is 10.6. The van der Waals surface area contributed by atoms with Crippen molar-refractivity contribution in [3.8, 4) is 0 Å². The van der Waals surface area contributed by atoms with Gasteiger partial charge in [0.1, 0.15) is 0 Å². The van der Waals surface area contributed by atoms with Gasteiger partial charge in [-0.15, -0.1) is 0 Å². The van der Waals surface area contributed by atoms with Crippen LogP contribution in [0.25, 0.3) is 0 Å². The molecule has 0 spiro atoms. The normalized spacial score (nSPS) is 10.4. The van der Waals surface area contributed by atoms with Crippen molar-refractivity contribution in [1.29, 1.82) is 0 Å². The van der Waals surface area contributed by atoms with Gasteiger partial charge in [0.25, 0.3) is 0 Å². The topological polar surface area (TPSA) is 64.3 Å². The molecular weight excluding hydrogens is 216 g/mol. The fourth-order valence-electron chi connectivity index (χ4n) is 1.42. The van der Waals surface area contributed by atoms with Crippen LogP contribution in [0, 0.1) is 0 Å². The van der Waals surface area contributed by atoms with Crippen molar-refractivity contribution >= 4 is 17.3 Å². The van der Waals surface area contributed by atoms with E-state index in [1.54, 1.807) is 12.1 Å². The first-order chi connectivity index (χ1) is 8.04. The molecule has 1 rings (SSSR count). The predicted molar refractivity (Wildman–Crippen MR) is 70.2 cm³/mol. The Bertz CT molecular complexity index is 389. The minimum absolute atomic E-state index is 0.136. The molecule has 3 N–H and O–H groups in total. The first-order valence-electron chi connectivity index (χ1n) is 5.89. The van der Waals surface area contributed by atoms with Crippen LogP contribution >= 0.6 is 0 Å². The van der Waals surface area contributed by atoms with Crippen LogP contribution in [0.1, 0.15) is 37.6 Å². The largest absolute Gasteiger partial charge is 0.459 e. The summed E-state index contributed by atoms with van der Waals surface area (Å²) in [6.45, 7) is 6.52. The number of hydrogen-bond acceptors (Lipinski definition) is 4. The predicted octanol–water partition coefficient (Wildman–Crippen LogP) is 2.66. The lowest BCUT2D eigenvalue weighted by Crippen LogP contribution is -2.14. The highest BCUT2D eigenvalue weighted by molar-refractivity contribution is 5.96. The zero-order valence-electron chi connectivity index (χ0n) is 10.6. The SMILES string of the molecule is CCCNc1ccc(N)cc1C(=O)OC(C)C. The summed E-state index contributed by atoms with van der Waals surface area (Å²) in [5, 5.41) is 3.19. The highest BCUT2D eigenvalue weighted by Crippen LogP contribution is 2.20. The minimum atomic E-state index is -0.342. The number of esters is 1. The molecule has 4 nitrogen and oxygen atoms in total. The van der Waals surface area contributed by atoms with Gasteiger partial charge in [-0.25, -0.2) is 4.79 Å². The van der Waals surface area contributed by atoms with E-state index in [9.17, 15) is 4.79 Å². The van der Waals surface area contributed by atoms with E-state index in [4.69, 9.17) is 10.5 Å². The van der Waals surface area contributed by atoms with Crippen LogP contribution in [-0.2, 0) is 4.74 Å². The molecule has 1 aromatic carbocycles. The smallest absolute Gasteiger partial charge is 0.340 e. The van der Waals surface area contributed by atoms with Crippen molar-refractivity contribution in [2.24, 2.45) is 0 Å². The van der Waals surface area contributed by atoms with E-state index in [1.807, 2.05) is 19.9 Å². The van der Waals surface area contributed by atoms with E-state index in [0.29, 0.717) is 11.3 Å². The van der Waals surface area contributed by atoms with E-state index in [-0.39, 0.29) is 12.1 Å². The molecule has 0 aliphatic heterocycles. The second-order valence-electron chi connectivity index (χ2n) is 4.19. The fourth-order valence-corrected chi connectivity index (χ4v) is 1.42. The summed E-state index contributed by atoms with van der Waals surface area (Å²) in [6.07, 6.45) is 0.853. The maximum absolute atomic E-state index is 11.9. The van der Waals surface area contributed by atoms with Gasteiger partial charge >= 0.3 is 5.97 Å². The lowest BCUT2D eigenvalue weighted by Gasteiger charge is -2.13. The fraction of sp³-hybridized carbons (Fsp3) is 0.462. The van der Waals surface area contributed by atoms with Gasteiger partial charge in [-0.1, -0.05) is 6.92 Å². The van der Waals surface area contributed by atoms with E-state index >= 15 is 0 Å². The summed E-state index contributed by atoms with van der Waals surface area (Å²) in [5.41, 5.74) is 7.51. The Balaban J connectivity index is 2.93. The molecule has 0 heterocycles. The molecule has 0 unspecified atom stereocenters. The van der Waals surface area contributed by atoms with Gasteiger partial charge in [0.15, 0.2) is 0 Å². The van der Waals surface area contributed by atoms with Crippen molar-refractivity contribution in [3.63, 3.8) is 0 Å². The third kappa shape index (κ3) is 3.98. The molecular formula is C13H20N2O2. The molecule has 0 aromatic heterocycles. The molecule has 0 fully saturated rings. The maximum Gasteiger partial charge on any atom is 0.340 e. The molecule has 0 aliphatic carbocycles. The van der Waals surface area contributed by atoms with Crippen LogP contribution in [0.5, 0.6) is 0 Å². The molecule has 0 amide bonds. The molecule has 17 heavy (non-hydrogen) atoms. The lowest BCUT2D eigenvalue weighted by atomic mass is 10.1. The number of carbonyl (C=O) groups is 1. The summed E-state index contributed by atoms with van der Waals surface area (Å²) in [6, 6.07) is 5.22. The molecule has 4 heteroatoms. The number of nitrogen functional groups attached to an aromatic ring is 1. The summed E-state index contributed by atoms with van der Waals surface area (Å²) in [5.74, 6) is -0.342. The summed E-state index contributed by atoms with van der Waals surface area (Å²) < 4.78 is 5.18. The Labute approximate surface area is 102 Å². The van der Waals surface area contributed by atoms with Gasteiger partial charge in [-0.05, 0) is 38.5 Å². The van der Waals surface area contributed by atoms with Crippen molar-refractivity contribution in [2.45, 2.75) is 33.3 Å². The van der Waals surface area contributed by atoms with Crippen LogP contribution in [0.4, 0.5) is 11.4 Å². The summed E-state index contributed by atoms with van der Waals surface area (Å²) in [7, 11) is 0. The number of hydrogen-bond donors (Lipinski definition) is 2. The maximum atomic E-state index is 11.9. The highest BCUT2D eigenvalue weighted by Gasteiger charge is 2.14. The Kier molecular flexibility index (Phi) is 4.82. The quantitative estimate of drug-likeness (QED) is 0.609. The second-order valence-corrected chi connectivity index (χ2v) is 4.19. The van der Waals surface area contributed by atoms with Crippen LogP contribution in [-0.4, -0.2) is 18.6 Å². The number of ether oxygens (including phenoxy) is 1. The van der Waals surface area contributed by atoms with E-state index in [2.05, 4.69) is 12.2 Å². The van der Waals surface area contributed by atoms with Gasteiger partial charge in [0.2, 0.25) is 0 Å². The molecule has 0 radical (unpaired) electrons. The number of rotatable bonds is 5. The van der Waals surface area contributed by atoms with Crippen molar-refractivity contribution in [1.82, 2.24) is 0 Å². The van der Waals surface area contributed by atoms with Crippen molar-refractivity contribution in [2.75, 3.05) is 17.6 Å². The van der Waals surface area contributed by atoms with Crippen LogP contribution in [0.15, 0.2) is 18.2 Å². The second kappa shape index (κ2) is 6.13. The molecule has 0 atom stereocenters. The van der Waals surface area contributed by atoms with E-state index in [1.165, 1.54) is 0 Å². The first kappa shape index (κ1) is 13.4. The summed E-state index contributed by atoms with van der Waals surface area (Å²) >= 11 is 0. The minimum Gasteiger partial charge on any atom is -0.459 e. The Morgan fingerprint density at radius 3 is 2.76 bits per heavy atom. The highest BCUT2D eigenvalue weighted by atomic mass is 16.5. The molecule has 0 aliphatic rings. The number of nitrogens with one attached hydrogen (secondary N) is 1. The van der Waals surface area contributed by atoms with E-state index in [0.717, 1.165) is 18.7 Å². The number of nitrogens with two attached hydrogens (primary N) is 1. The molecule has 0 saturated heterocycles. The van der Waals surface area contributed by atoms with Crippen LogP contribution < -0.4 is 11.1 Å². The van der Waals surface area contributed by atoms with Gasteiger partial charge < -0.3 is 15.8 Å². The summed E-state index contributed by atoms with van der Waals surface area (Å²) in [4.78, 5) is 11.9. The van der Waals surface area contributed by atoms with E-state index < -0.39 is 0 Å². The Hall–Kier alpha value is -1.71.